The summed E-state index contributed by atoms with van der Waals surface area (Å²) in [5.41, 5.74) is 1.82. The first-order valence-electron chi connectivity index (χ1n) is 5.97. The minimum atomic E-state index is -0.512. The largest absolute Gasteiger partial charge is 0.343 e. The van der Waals surface area contributed by atoms with Crippen LogP contribution < -0.4 is 0 Å². The van der Waals surface area contributed by atoms with Gasteiger partial charge in [0.05, 0.1) is 4.92 Å². The molecule has 0 aliphatic heterocycles. The van der Waals surface area contributed by atoms with Crippen LogP contribution in [0.1, 0.15) is 5.56 Å². The van der Waals surface area contributed by atoms with Crippen molar-refractivity contribution in [2.75, 3.05) is 0 Å². The maximum Gasteiger partial charge on any atom is 0.270 e. The van der Waals surface area contributed by atoms with E-state index in [-0.39, 0.29) is 5.69 Å². The molecule has 0 bridgehead atoms. The fourth-order valence-electron chi connectivity index (χ4n) is 2.14. The number of nitrogens with zero attached hydrogens (tertiary/aromatic N) is 3. The van der Waals surface area contributed by atoms with Crippen LogP contribution in [0.25, 0.3) is 10.9 Å². The van der Waals surface area contributed by atoms with Crippen LogP contribution in [-0.4, -0.2) is 14.5 Å². The molecule has 0 N–H and O–H groups in total. The van der Waals surface area contributed by atoms with E-state index in [2.05, 4.69) is 4.98 Å². The van der Waals surface area contributed by atoms with E-state index in [0.717, 1.165) is 16.5 Å². The topological polar surface area (TPSA) is 61.0 Å². The fraction of sp³-hybridized carbons (Fsp3) is 0.0714. The van der Waals surface area contributed by atoms with E-state index < -0.39 is 10.9 Å². The zero-order chi connectivity index (χ0) is 14.1. The van der Waals surface area contributed by atoms with Crippen molar-refractivity contribution in [3.63, 3.8) is 0 Å². The Morgan fingerprint density at radius 3 is 2.80 bits per heavy atom. The number of hydrogen-bond acceptors (Lipinski definition) is 3. The maximum absolute atomic E-state index is 12.8. The molecule has 3 aromatic rings. The zero-order valence-corrected chi connectivity index (χ0v) is 10.4. The highest BCUT2D eigenvalue weighted by Gasteiger charge is 2.09. The van der Waals surface area contributed by atoms with Crippen LogP contribution in [-0.2, 0) is 6.54 Å². The summed E-state index contributed by atoms with van der Waals surface area (Å²) in [6.07, 6.45) is 3.32. The normalized spacial score (nSPS) is 10.8. The average molecular weight is 271 g/mol. The number of nitro benzene ring substituents is 1. The lowest BCUT2D eigenvalue weighted by atomic mass is 10.2. The minimum absolute atomic E-state index is 0.0682. The van der Waals surface area contributed by atoms with Gasteiger partial charge in [-0.15, -0.1) is 0 Å². The lowest BCUT2D eigenvalue weighted by Crippen LogP contribution is -1.99. The molecule has 1 aromatic carbocycles. The highest BCUT2D eigenvalue weighted by molar-refractivity contribution is 5.82. The first kappa shape index (κ1) is 12.3. The summed E-state index contributed by atoms with van der Waals surface area (Å²) in [6.45, 7) is 0.536. The van der Waals surface area contributed by atoms with Gasteiger partial charge in [0.1, 0.15) is 0 Å². The smallest absolute Gasteiger partial charge is 0.270 e. The second-order valence-electron chi connectivity index (χ2n) is 4.43. The molecule has 0 fully saturated rings. The highest BCUT2D eigenvalue weighted by Crippen LogP contribution is 2.22. The van der Waals surface area contributed by atoms with Gasteiger partial charge in [-0.25, -0.2) is 4.98 Å². The van der Waals surface area contributed by atoms with Gasteiger partial charge in [-0.1, -0.05) is 6.07 Å². The summed E-state index contributed by atoms with van der Waals surface area (Å²) in [5, 5.41) is 11.5. The molecule has 0 aliphatic rings. The Hall–Kier alpha value is -2.76. The third kappa shape index (κ3) is 2.23. The number of benzene rings is 1. The Kier molecular flexibility index (Phi) is 2.90. The Labute approximate surface area is 113 Å². The van der Waals surface area contributed by atoms with E-state index in [4.69, 9.17) is 0 Å². The van der Waals surface area contributed by atoms with Gasteiger partial charge >= 0.3 is 0 Å². The van der Waals surface area contributed by atoms with Crippen molar-refractivity contribution in [3.8, 4) is 0 Å². The lowest BCUT2D eigenvalue weighted by molar-refractivity contribution is -0.384. The van der Waals surface area contributed by atoms with Crippen molar-refractivity contribution < 1.29 is 9.31 Å². The molecule has 0 unspecified atom stereocenters. The molecule has 100 valence electrons. The second kappa shape index (κ2) is 4.73. The summed E-state index contributed by atoms with van der Waals surface area (Å²) in [6, 6.07) is 9.52. The summed E-state index contributed by atoms with van der Waals surface area (Å²) in [4.78, 5) is 13.9. The number of non-ortho nitro benzene ring substituents is 1. The van der Waals surface area contributed by atoms with Crippen LogP contribution in [0.5, 0.6) is 0 Å². The van der Waals surface area contributed by atoms with Crippen molar-refractivity contribution in [1.82, 2.24) is 9.55 Å². The fourth-order valence-corrected chi connectivity index (χ4v) is 2.14. The molecule has 0 saturated carbocycles. The SMILES string of the molecule is O=[N+]([O-])c1ccc2c(ccn2Cc2ccc(F)nc2)c1. The van der Waals surface area contributed by atoms with Gasteiger partial charge in [0.25, 0.3) is 5.69 Å². The molecule has 5 nitrogen and oxygen atoms in total. The Morgan fingerprint density at radius 2 is 2.10 bits per heavy atom. The molecule has 0 radical (unpaired) electrons. The third-order valence-electron chi connectivity index (χ3n) is 3.11. The van der Waals surface area contributed by atoms with Crippen molar-refractivity contribution in [3.05, 3.63) is 70.4 Å². The zero-order valence-electron chi connectivity index (χ0n) is 10.4. The van der Waals surface area contributed by atoms with E-state index >= 15 is 0 Å². The van der Waals surface area contributed by atoms with Crippen LogP contribution in [0.2, 0.25) is 0 Å². The number of rotatable bonds is 3. The van der Waals surface area contributed by atoms with Crippen LogP contribution in [0, 0.1) is 16.1 Å². The van der Waals surface area contributed by atoms with Gasteiger partial charge in [0.2, 0.25) is 5.95 Å². The Morgan fingerprint density at radius 1 is 1.25 bits per heavy atom. The first-order valence-corrected chi connectivity index (χ1v) is 5.97. The van der Waals surface area contributed by atoms with Crippen LogP contribution in [0.4, 0.5) is 10.1 Å². The average Bonchev–Trinajstić information content (AvgIpc) is 2.84. The number of hydrogen-bond donors (Lipinski definition) is 0. The molecule has 20 heavy (non-hydrogen) atoms. The molecular weight excluding hydrogens is 261 g/mol. The maximum atomic E-state index is 12.8. The molecule has 6 heteroatoms. The van der Waals surface area contributed by atoms with Gasteiger partial charge in [-0.2, -0.15) is 4.39 Å². The quantitative estimate of drug-likeness (QED) is 0.417. The van der Waals surface area contributed by atoms with Gasteiger partial charge < -0.3 is 4.57 Å². The number of fused-ring (bicyclic) bond motifs is 1. The summed E-state index contributed by atoms with van der Waals surface area (Å²) < 4.78 is 14.7. The number of nitro groups is 1. The van der Waals surface area contributed by atoms with Crippen molar-refractivity contribution >= 4 is 16.6 Å². The second-order valence-corrected chi connectivity index (χ2v) is 4.43. The van der Waals surface area contributed by atoms with Crippen LogP contribution in [0.3, 0.4) is 0 Å². The van der Waals surface area contributed by atoms with E-state index in [1.54, 1.807) is 12.1 Å². The molecule has 0 spiro atoms. The molecular formula is C14H10FN3O2. The molecule has 0 saturated heterocycles. The molecule has 0 aliphatic carbocycles. The summed E-state index contributed by atoms with van der Waals surface area (Å²) >= 11 is 0. The number of aromatic nitrogens is 2. The monoisotopic (exact) mass is 271 g/mol. The molecule has 0 atom stereocenters. The van der Waals surface area contributed by atoms with Crippen molar-refractivity contribution in [1.29, 1.82) is 0 Å². The van der Waals surface area contributed by atoms with Gasteiger partial charge in [-0.3, -0.25) is 10.1 Å². The van der Waals surface area contributed by atoms with Gasteiger partial charge in [0.15, 0.2) is 0 Å². The van der Waals surface area contributed by atoms with E-state index in [0.29, 0.717) is 6.54 Å². The minimum Gasteiger partial charge on any atom is -0.343 e. The van der Waals surface area contributed by atoms with Crippen molar-refractivity contribution in [2.24, 2.45) is 0 Å². The number of pyridine rings is 1. The standard InChI is InChI=1S/C14H10FN3O2/c15-14-4-1-10(8-16-14)9-17-6-5-11-7-12(18(19)20)2-3-13(11)17/h1-8H,9H2. The van der Waals surface area contributed by atoms with E-state index in [1.165, 1.54) is 24.4 Å². The van der Waals surface area contributed by atoms with E-state index in [9.17, 15) is 14.5 Å². The van der Waals surface area contributed by atoms with E-state index in [1.807, 2.05) is 16.8 Å². The molecule has 2 heterocycles. The molecule has 3 rings (SSSR count). The third-order valence-corrected chi connectivity index (χ3v) is 3.11. The van der Waals surface area contributed by atoms with Crippen LogP contribution in [0.15, 0.2) is 48.8 Å². The van der Waals surface area contributed by atoms with Gasteiger partial charge in [-0.05, 0) is 23.8 Å². The molecule has 2 aromatic heterocycles. The highest BCUT2D eigenvalue weighted by atomic mass is 19.1. The predicted octanol–water partition coefficient (Wildman–Crippen LogP) is 3.13. The molecule has 0 amide bonds. The van der Waals surface area contributed by atoms with Crippen molar-refractivity contribution in [2.45, 2.75) is 6.54 Å². The Bertz CT molecular complexity index is 781. The Balaban J connectivity index is 1.96. The summed E-state index contributed by atoms with van der Waals surface area (Å²) in [5.74, 6) is -0.512. The lowest BCUT2D eigenvalue weighted by Gasteiger charge is -2.05. The van der Waals surface area contributed by atoms with Gasteiger partial charge in [0, 0.05) is 42.0 Å². The number of halogens is 1. The first-order chi connectivity index (χ1) is 9.63. The van der Waals surface area contributed by atoms with Crippen LogP contribution >= 0.6 is 0 Å². The summed E-state index contributed by atoms with van der Waals surface area (Å²) in [7, 11) is 0. The predicted molar refractivity (Wildman–Crippen MR) is 71.9 cm³/mol.